The Labute approximate surface area is 151 Å². The Kier molecular flexibility index (Phi) is 5.67. The fourth-order valence-electron chi connectivity index (χ4n) is 4.50. The van der Waals surface area contributed by atoms with Gasteiger partial charge in [0, 0.05) is 37.8 Å². The maximum Gasteiger partial charge on any atom is 0.134 e. The third-order valence-electron chi connectivity index (χ3n) is 5.88. The van der Waals surface area contributed by atoms with Crippen molar-refractivity contribution in [3.05, 3.63) is 12.4 Å². The monoisotopic (exact) mass is 345 g/mol. The van der Waals surface area contributed by atoms with E-state index in [4.69, 9.17) is 4.74 Å². The lowest BCUT2D eigenvalue weighted by Crippen LogP contribution is -2.47. The molecule has 1 atom stereocenters. The van der Waals surface area contributed by atoms with Gasteiger partial charge >= 0.3 is 0 Å². The Morgan fingerprint density at radius 1 is 0.960 bits per heavy atom. The maximum absolute atomic E-state index is 5.44. The van der Waals surface area contributed by atoms with Crippen molar-refractivity contribution in [1.82, 2.24) is 14.9 Å². The lowest BCUT2D eigenvalue weighted by Gasteiger charge is -2.40. The number of nitrogens with one attached hydrogen (secondary N) is 1. The molecular weight excluding hydrogens is 314 g/mol. The molecule has 0 aromatic carbocycles. The molecule has 0 spiro atoms. The van der Waals surface area contributed by atoms with Crippen molar-refractivity contribution in [2.24, 2.45) is 0 Å². The predicted molar refractivity (Wildman–Crippen MR) is 100 cm³/mol. The zero-order chi connectivity index (χ0) is 16.9. The summed E-state index contributed by atoms with van der Waals surface area (Å²) in [6.45, 7) is 5.81. The van der Waals surface area contributed by atoms with Gasteiger partial charge in [-0.05, 0) is 32.2 Å². The first kappa shape index (κ1) is 17.0. The van der Waals surface area contributed by atoms with Crippen LogP contribution >= 0.6 is 0 Å². The van der Waals surface area contributed by atoms with Crippen LogP contribution in [0.4, 0.5) is 11.6 Å². The summed E-state index contributed by atoms with van der Waals surface area (Å²) in [5.74, 6) is 1.98. The third-order valence-corrected chi connectivity index (χ3v) is 5.88. The molecule has 2 saturated heterocycles. The van der Waals surface area contributed by atoms with E-state index >= 15 is 0 Å². The van der Waals surface area contributed by atoms with E-state index in [1.54, 1.807) is 6.33 Å². The number of aromatic nitrogens is 2. The normalized spacial score (nSPS) is 26.6. The zero-order valence-electron chi connectivity index (χ0n) is 15.2. The quantitative estimate of drug-likeness (QED) is 0.905. The maximum atomic E-state index is 5.44. The second-order valence-corrected chi connectivity index (χ2v) is 7.63. The van der Waals surface area contributed by atoms with Crippen LogP contribution in [-0.4, -0.2) is 66.3 Å². The van der Waals surface area contributed by atoms with Gasteiger partial charge in [-0.1, -0.05) is 19.3 Å². The molecule has 1 aliphatic carbocycles. The molecular formula is C19H31N5O. The molecule has 3 heterocycles. The predicted octanol–water partition coefficient (Wildman–Crippen LogP) is 2.52. The minimum atomic E-state index is 0.503. The van der Waals surface area contributed by atoms with Gasteiger partial charge in [-0.3, -0.25) is 4.90 Å². The molecule has 1 aromatic heterocycles. The van der Waals surface area contributed by atoms with E-state index in [-0.39, 0.29) is 0 Å². The van der Waals surface area contributed by atoms with Crippen LogP contribution in [0.2, 0.25) is 0 Å². The molecule has 3 fully saturated rings. The van der Waals surface area contributed by atoms with E-state index in [1.807, 2.05) is 0 Å². The Morgan fingerprint density at radius 3 is 2.64 bits per heavy atom. The van der Waals surface area contributed by atoms with Gasteiger partial charge in [-0.25, -0.2) is 9.97 Å². The van der Waals surface area contributed by atoms with Crippen LogP contribution in [0.1, 0.15) is 44.9 Å². The van der Waals surface area contributed by atoms with Gasteiger partial charge in [0.2, 0.25) is 0 Å². The van der Waals surface area contributed by atoms with Gasteiger partial charge in [-0.2, -0.15) is 0 Å². The number of hydrogen-bond donors (Lipinski definition) is 1. The lowest BCUT2D eigenvalue weighted by atomic mass is 9.92. The largest absolute Gasteiger partial charge is 0.378 e. The van der Waals surface area contributed by atoms with E-state index in [2.05, 4.69) is 31.2 Å². The molecule has 1 N–H and O–H groups in total. The number of rotatable bonds is 4. The van der Waals surface area contributed by atoms with Crippen LogP contribution in [-0.2, 0) is 4.74 Å². The van der Waals surface area contributed by atoms with Crippen LogP contribution in [0, 0.1) is 0 Å². The first-order valence-corrected chi connectivity index (χ1v) is 10.0. The molecule has 2 aliphatic heterocycles. The second kappa shape index (κ2) is 8.32. The van der Waals surface area contributed by atoms with E-state index in [9.17, 15) is 0 Å². The van der Waals surface area contributed by atoms with Gasteiger partial charge < -0.3 is 15.0 Å². The van der Waals surface area contributed by atoms with Crippen LogP contribution in [0.3, 0.4) is 0 Å². The van der Waals surface area contributed by atoms with E-state index in [1.165, 1.54) is 51.5 Å². The molecule has 3 aliphatic rings. The van der Waals surface area contributed by atoms with Crippen LogP contribution in [0.5, 0.6) is 0 Å². The van der Waals surface area contributed by atoms with E-state index in [0.717, 1.165) is 50.5 Å². The fraction of sp³-hybridized carbons (Fsp3) is 0.789. The van der Waals surface area contributed by atoms with E-state index < -0.39 is 0 Å². The molecule has 6 heteroatoms. The molecule has 0 radical (unpaired) electrons. The van der Waals surface area contributed by atoms with Crippen molar-refractivity contribution in [3.8, 4) is 0 Å². The average molecular weight is 345 g/mol. The average Bonchev–Trinajstić information content (AvgIpc) is 2.70. The Hall–Kier alpha value is -1.40. The minimum Gasteiger partial charge on any atom is -0.378 e. The van der Waals surface area contributed by atoms with Crippen molar-refractivity contribution in [1.29, 1.82) is 0 Å². The molecule has 0 bridgehead atoms. The molecule has 0 amide bonds. The van der Waals surface area contributed by atoms with E-state index in [0.29, 0.717) is 6.04 Å². The number of nitrogens with zero attached hydrogens (tertiary/aromatic N) is 4. The molecule has 1 saturated carbocycles. The van der Waals surface area contributed by atoms with Crippen LogP contribution < -0.4 is 10.2 Å². The summed E-state index contributed by atoms with van der Waals surface area (Å²) in [5, 5.41) is 3.68. The number of hydrogen-bond acceptors (Lipinski definition) is 6. The van der Waals surface area contributed by atoms with Crippen molar-refractivity contribution < 1.29 is 4.74 Å². The summed E-state index contributed by atoms with van der Waals surface area (Å²) in [5.41, 5.74) is 0. The van der Waals surface area contributed by atoms with Gasteiger partial charge in [0.25, 0.3) is 0 Å². The molecule has 1 aromatic rings. The molecule has 138 valence electrons. The first-order valence-electron chi connectivity index (χ1n) is 10.0. The van der Waals surface area contributed by atoms with Crippen LogP contribution in [0.25, 0.3) is 0 Å². The summed E-state index contributed by atoms with van der Waals surface area (Å²) in [7, 11) is 0. The highest BCUT2D eigenvalue weighted by Gasteiger charge is 2.27. The summed E-state index contributed by atoms with van der Waals surface area (Å²) in [6, 6.07) is 3.42. The second-order valence-electron chi connectivity index (χ2n) is 7.63. The summed E-state index contributed by atoms with van der Waals surface area (Å²) < 4.78 is 5.44. The zero-order valence-corrected chi connectivity index (χ0v) is 15.2. The Balaban J connectivity index is 1.36. The summed E-state index contributed by atoms with van der Waals surface area (Å²) in [6.07, 6.45) is 11.2. The van der Waals surface area contributed by atoms with Crippen molar-refractivity contribution in [2.75, 3.05) is 49.6 Å². The number of likely N-dealkylation sites (tertiary alicyclic amines) is 1. The molecule has 6 nitrogen and oxygen atoms in total. The topological polar surface area (TPSA) is 53.5 Å². The van der Waals surface area contributed by atoms with Crippen molar-refractivity contribution >= 4 is 11.6 Å². The number of ether oxygens (including phenoxy) is 1. The van der Waals surface area contributed by atoms with Crippen molar-refractivity contribution in [2.45, 2.75) is 57.0 Å². The van der Waals surface area contributed by atoms with Crippen molar-refractivity contribution in [3.63, 3.8) is 0 Å². The Bertz CT molecular complexity index is 542. The minimum absolute atomic E-state index is 0.503. The highest BCUT2D eigenvalue weighted by Crippen LogP contribution is 2.26. The van der Waals surface area contributed by atoms with Gasteiger partial charge in [0.05, 0.1) is 13.2 Å². The number of morpholine rings is 1. The molecule has 25 heavy (non-hydrogen) atoms. The third kappa shape index (κ3) is 4.42. The highest BCUT2D eigenvalue weighted by atomic mass is 16.5. The van der Waals surface area contributed by atoms with Crippen LogP contribution in [0.15, 0.2) is 12.4 Å². The first-order chi connectivity index (χ1) is 12.4. The standard InChI is InChI=1S/C19H31N5O/c1-2-6-17(7-3-1)24-8-4-5-16(14-24)22-18-13-19(21-15-20-18)23-9-11-25-12-10-23/h13,15-17H,1-12,14H2,(H,20,21,22)/t16-/m1/s1. The Morgan fingerprint density at radius 2 is 1.80 bits per heavy atom. The van der Waals surface area contributed by atoms with Gasteiger partial charge in [0.15, 0.2) is 0 Å². The molecule has 4 rings (SSSR count). The van der Waals surface area contributed by atoms with Gasteiger partial charge in [0.1, 0.15) is 18.0 Å². The van der Waals surface area contributed by atoms with Gasteiger partial charge in [-0.15, -0.1) is 0 Å². The lowest BCUT2D eigenvalue weighted by molar-refractivity contribution is 0.122. The highest BCUT2D eigenvalue weighted by molar-refractivity contribution is 5.49. The smallest absolute Gasteiger partial charge is 0.134 e. The summed E-state index contributed by atoms with van der Waals surface area (Å²) in [4.78, 5) is 13.9. The SMILES string of the molecule is c1nc(N[C@@H]2CCCN(C3CCCCC3)C2)cc(N2CCOCC2)n1. The molecule has 0 unspecified atom stereocenters. The fourth-order valence-corrected chi connectivity index (χ4v) is 4.50. The summed E-state index contributed by atoms with van der Waals surface area (Å²) >= 11 is 0. The number of piperidine rings is 1. The number of anilines is 2.